The molecule has 0 unspecified atom stereocenters. The molecule has 0 aliphatic heterocycles. The monoisotopic (exact) mass is 495 g/mol. The quantitative estimate of drug-likeness (QED) is 0.530. The van der Waals surface area contributed by atoms with Gasteiger partial charge in [0.25, 0.3) is 0 Å². The summed E-state index contributed by atoms with van der Waals surface area (Å²) in [7, 11) is 0. The molecule has 1 N–H and O–H groups in total. The van der Waals surface area contributed by atoms with Crippen molar-refractivity contribution in [2.75, 3.05) is 6.61 Å². The van der Waals surface area contributed by atoms with E-state index in [9.17, 15) is 14.3 Å². The number of aromatic carboxylic acids is 1. The predicted octanol–water partition coefficient (Wildman–Crippen LogP) is 3.74. The maximum Gasteiger partial charge on any atom is 1.00 e. The Morgan fingerprint density at radius 1 is 1.19 bits per heavy atom. The van der Waals surface area contributed by atoms with Crippen LogP contribution in [0.2, 0.25) is 0 Å². The number of rotatable bonds is 6. The number of carbonyl (C=O) groups is 1. The van der Waals surface area contributed by atoms with E-state index in [1.165, 1.54) is 37.8 Å². The van der Waals surface area contributed by atoms with Gasteiger partial charge in [-0.3, -0.25) is 0 Å². The van der Waals surface area contributed by atoms with Gasteiger partial charge in [-0.2, -0.15) is 0 Å². The Hall–Kier alpha value is -1.60. The van der Waals surface area contributed by atoms with Gasteiger partial charge in [0.05, 0.1) is 17.9 Å². The fraction of sp³-hybridized carbons (Fsp3) is 0.292. The summed E-state index contributed by atoms with van der Waals surface area (Å²) < 4.78 is 23.0. The number of ether oxygens (including phenoxy) is 1. The average Bonchev–Trinajstić information content (AvgIpc) is 3.37. The third kappa shape index (κ3) is 5.25. The fourth-order valence-corrected chi connectivity index (χ4v) is 4.48. The zero-order chi connectivity index (χ0) is 21.3. The van der Waals surface area contributed by atoms with E-state index in [-0.39, 0.29) is 36.5 Å². The van der Waals surface area contributed by atoms with Crippen LogP contribution in [0.3, 0.4) is 0 Å². The number of carboxylic acids is 1. The van der Waals surface area contributed by atoms with Crippen LogP contribution in [-0.4, -0.2) is 22.2 Å². The largest absolute Gasteiger partial charge is 1.00 e. The zero-order valence-electron chi connectivity index (χ0n) is 18.7. The van der Waals surface area contributed by atoms with E-state index in [0.717, 1.165) is 27.2 Å². The number of carboxylic acid groups (broad SMARTS) is 1. The summed E-state index contributed by atoms with van der Waals surface area (Å²) in [6.45, 7) is 2.62. The minimum absolute atomic E-state index is 0. The van der Waals surface area contributed by atoms with Crippen LogP contribution >= 0.6 is 15.9 Å². The molecular formula is C24H24BrFNNaO3. The second-order valence-corrected chi connectivity index (χ2v) is 8.68. The third-order valence-electron chi connectivity index (χ3n) is 5.68. The number of benzene rings is 2. The Labute approximate surface area is 213 Å². The zero-order valence-corrected chi connectivity index (χ0v) is 21.3. The van der Waals surface area contributed by atoms with E-state index in [2.05, 4.69) is 15.9 Å². The van der Waals surface area contributed by atoms with Gasteiger partial charge in [0.2, 0.25) is 0 Å². The molecule has 4 nitrogen and oxygen atoms in total. The molecule has 1 aliphatic rings. The molecule has 1 aromatic heterocycles. The SMILES string of the molecule is Cc1ccc(-c2cc(Br)ccc2OCC2CCCC2)n1-c1ccc(F)c(C(=O)O)c1.[H-].[Na+]. The first-order valence-corrected chi connectivity index (χ1v) is 10.9. The summed E-state index contributed by atoms with van der Waals surface area (Å²) in [5.41, 5.74) is 2.91. The second-order valence-electron chi connectivity index (χ2n) is 7.77. The van der Waals surface area contributed by atoms with Crippen LogP contribution < -0.4 is 34.3 Å². The molecule has 0 atom stereocenters. The number of aromatic nitrogens is 1. The topological polar surface area (TPSA) is 51.5 Å². The van der Waals surface area contributed by atoms with E-state index in [4.69, 9.17) is 4.74 Å². The number of nitrogens with zero attached hydrogens (tertiary/aromatic N) is 1. The average molecular weight is 496 g/mol. The molecule has 0 radical (unpaired) electrons. The molecule has 158 valence electrons. The number of aryl methyl sites for hydroxylation is 1. The summed E-state index contributed by atoms with van der Waals surface area (Å²) in [5.74, 6) is -0.667. The number of hydrogen-bond acceptors (Lipinski definition) is 2. The van der Waals surface area contributed by atoms with Crippen molar-refractivity contribution in [2.24, 2.45) is 5.92 Å². The van der Waals surface area contributed by atoms with Crippen LogP contribution in [0.4, 0.5) is 4.39 Å². The molecule has 0 spiro atoms. The molecule has 31 heavy (non-hydrogen) atoms. The minimum atomic E-state index is -1.29. The van der Waals surface area contributed by atoms with E-state index in [1.54, 1.807) is 6.07 Å². The van der Waals surface area contributed by atoms with Crippen LogP contribution in [0, 0.1) is 18.7 Å². The Bertz CT molecular complexity index is 1100. The van der Waals surface area contributed by atoms with E-state index >= 15 is 0 Å². The Morgan fingerprint density at radius 3 is 2.65 bits per heavy atom. The van der Waals surface area contributed by atoms with E-state index in [1.807, 2.05) is 41.8 Å². The molecule has 3 aromatic rings. The van der Waals surface area contributed by atoms with Gasteiger partial charge in [0.1, 0.15) is 11.6 Å². The molecule has 0 saturated heterocycles. The molecule has 1 fully saturated rings. The normalized spacial score (nSPS) is 13.8. The number of halogens is 2. The summed E-state index contributed by atoms with van der Waals surface area (Å²) in [6, 6.07) is 14.0. The molecule has 1 saturated carbocycles. The van der Waals surface area contributed by atoms with Gasteiger partial charge in [-0.25, -0.2) is 9.18 Å². The summed E-state index contributed by atoms with van der Waals surface area (Å²) in [4.78, 5) is 11.4. The van der Waals surface area contributed by atoms with Crippen molar-refractivity contribution >= 4 is 21.9 Å². The molecule has 1 aliphatic carbocycles. The van der Waals surface area contributed by atoms with Crippen molar-refractivity contribution in [1.82, 2.24) is 4.57 Å². The number of hydrogen-bond donors (Lipinski definition) is 1. The molecule has 4 rings (SSSR count). The van der Waals surface area contributed by atoms with Gasteiger partial charge >= 0.3 is 35.5 Å². The summed E-state index contributed by atoms with van der Waals surface area (Å²) in [6.07, 6.45) is 4.93. The van der Waals surface area contributed by atoms with E-state index < -0.39 is 11.8 Å². The van der Waals surface area contributed by atoms with Crippen molar-refractivity contribution in [2.45, 2.75) is 32.6 Å². The van der Waals surface area contributed by atoms with Gasteiger partial charge in [-0.1, -0.05) is 28.8 Å². The standard InChI is InChI=1S/C24H23BrFNO3.Na.H/c1-15-6-10-22(27(15)18-8-9-21(26)19(13-18)24(28)29)20-12-17(25)7-11-23(20)30-14-16-4-2-3-5-16;;/h6-13,16H,2-5,14H2,1H3,(H,28,29);;/q;+1;-1. The van der Waals surface area contributed by atoms with Crippen molar-refractivity contribution in [1.29, 1.82) is 0 Å². The Kier molecular flexibility index (Phi) is 8.03. The molecule has 7 heteroatoms. The second kappa shape index (κ2) is 10.3. The molecule has 2 aromatic carbocycles. The van der Waals surface area contributed by atoms with Crippen molar-refractivity contribution in [3.63, 3.8) is 0 Å². The van der Waals surface area contributed by atoms with Crippen LogP contribution in [0.1, 0.15) is 43.2 Å². The predicted molar refractivity (Wildman–Crippen MR) is 119 cm³/mol. The van der Waals surface area contributed by atoms with Gasteiger partial charge in [-0.15, -0.1) is 0 Å². The first-order valence-electron chi connectivity index (χ1n) is 10.1. The van der Waals surface area contributed by atoms with Crippen molar-refractivity contribution in [3.8, 4) is 22.7 Å². The minimum Gasteiger partial charge on any atom is -1.00 e. The smallest absolute Gasteiger partial charge is 1.00 e. The third-order valence-corrected chi connectivity index (χ3v) is 6.17. The van der Waals surface area contributed by atoms with Gasteiger partial charge in [0.15, 0.2) is 0 Å². The van der Waals surface area contributed by atoms with Crippen molar-refractivity contribution in [3.05, 3.63) is 70.1 Å². The molecular weight excluding hydrogens is 472 g/mol. The first kappa shape index (κ1) is 24.1. The van der Waals surface area contributed by atoms with Crippen LogP contribution in [0.15, 0.2) is 53.0 Å². The molecule has 1 heterocycles. The van der Waals surface area contributed by atoms with Crippen LogP contribution in [0.5, 0.6) is 5.75 Å². The summed E-state index contributed by atoms with van der Waals surface area (Å²) in [5, 5.41) is 9.32. The van der Waals surface area contributed by atoms with E-state index in [0.29, 0.717) is 18.2 Å². The summed E-state index contributed by atoms with van der Waals surface area (Å²) >= 11 is 3.55. The van der Waals surface area contributed by atoms with Crippen LogP contribution in [-0.2, 0) is 0 Å². The molecule has 0 amide bonds. The van der Waals surface area contributed by atoms with Gasteiger partial charge in [0, 0.05) is 21.4 Å². The Morgan fingerprint density at radius 2 is 1.94 bits per heavy atom. The van der Waals surface area contributed by atoms with Crippen molar-refractivity contribution < 1.29 is 50.0 Å². The Balaban J connectivity index is 0.00000181. The first-order chi connectivity index (χ1) is 14.4. The van der Waals surface area contributed by atoms with Gasteiger partial charge < -0.3 is 15.8 Å². The van der Waals surface area contributed by atoms with Gasteiger partial charge in [-0.05, 0) is 74.2 Å². The molecule has 0 bridgehead atoms. The maximum absolute atomic E-state index is 13.9. The fourth-order valence-electron chi connectivity index (χ4n) is 4.12. The van der Waals surface area contributed by atoms with Crippen LogP contribution in [0.25, 0.3) is 16.9 Å². The maximum atomic E-state index is 13.9.